The molecule has 106 valence electrons. The first-order chi connectivity index (χ1) is 9.97. The van der Waals surface area contributed by atoms with Gasteiger partial charge in [0.1, 0.15) is 11.3 Å². The van der Waals surface area contributed by atoms with Crippen molar-refractivity contribution in [1.82, 2.24) is 0 Å². The molecule has 2 aromatic rings. The maximum absolute atomic E-state index is 10.9. The highest BCUT2D eigenvalue weighted by Gasteiger charge is 2.19. The molecule has 0 aromatic heterocycles. The Morgan fingerprint density at radius 3 is 2.19 bits per heavy atom. The molecule has 0 saturated heterocycles. The number of nitro groups is 1. The second-order valence-corrected chi connectivity index (χ2v) is 3.98. The van der Waals surface area contributed by atoms with E-state index in [0.29, 0.717) is 5.69 Å². The van der Waals surface area contributed by atoms with E-state index in [-0.39, 0.29) is 11.4 Å². The van der Waals surface area contributed by atoms with Crippen molar-refractivity contribution < 1.29 is 19.9 Å². The molecule has 0 bridgehead atoms. The largest absolute Gasteiger partial charge is 0.508 e. The number of phenolic OH excluding ortho intramolecular Hbond substituents is 1. The number of benzene rings is 2. The number of hydrogen-bond acceptors (Lipinski definition) is 6. The zero-order chi connectivity index (χ0) is 15.4. The third-order valence-electron chi connectivity index (χ3n) is 2.54. The number of aromatic carboxylic acids is 1. The molecule has 2 rings (SSSR count). The summed E-state index contributed by atoms with van der Waals surface area (Å²) < 4.78 is 0. The van der Waals surface area contributed by atoms with Gasteiger partial charge in [0.15, 0.2) is 0 Å². The van der Waals surface area contributed by atoms with E-state index in [1.165, 1.54) is 30.3 Å². The molecule has 0 fully saturated rings. The van der Waals surface area contributed by atoms with Crippen LogP contribution in [-0.4, -0.2) is 21.1 Å². The summed E-state index contributed by atoms with van der Waals surface area (Å²) >= 11 is 0. The van der Waals surface area contributed by atoms with E-state index in [0.717, 1.165) is 12.1 Å². The number of phenols is 1. The van der Waals surface area contributed by atoms with E-state index in [1.807, 2.05) is 0 Å². The lowest BCUT2D eigenvalue weighted by Gasteiger charge is -1.99. The molecular weight excluding hydrogens is 278 g/mol. The molecule has 0 amide bonds. The molecule has 0 heterocycles. The zero-order valence-corrected chi connectivity index (χ0v) is 10.5. The zero-order valence-electron chi connectivity index (χ0n) is 10.5. The van der Waals surface area contributed by atoms with Crippen molar-refractivity contribution in [3.63, 3.8) is 0 Å². The van der Waals surface area contributed by atoms with Crippen LogP contribution in [0.5, 0.6) is 5.75 Å². The van der Waals surface area contributed by atoms with Crippen LogP contribution in [0.3, 0.4) is 0 Å². The molecule has 2 N–H and O–H groups in total. The van der Waals surface area contributed by atoms with E-state index >= 15 is 0 Å². The molecule has 0 aliphatic rings. The van der Waals surface area contributed by atoms with Crippen molar-refractivity contribution in [1.29, 1.82) is 0 Å². The van der Waals surface area contributed by atoms with Crippen LogP contribution in [-0.2, 0) is 0 Å². The molecule has 0 radical (unpaired) electrons. The van der Waals surface area contributed by atoms with E-state index in [4.69, 9.17) is 10.2 Å². The van der Waals surface area contributed by atoms with Crippen molar-refractivity contribution >= 4 is 23.0 Å². The van der Waals surface area contributed by atoms with Crippen LogP contribution in [0.4, 0.5) is 17.1 Å². The molecule has 0 aliphatic carbocycles. The topological polar surface area (TPSA) is 125 Å². The normalized spacial score (nSPS) is 10.7. The Bertz CT molecular complexity index is 725. The van der Waals surface area contributed by atoms with E-state index in [2.05, 4.69) is 10.2 Å². The van der Waals surface area contributed by atoms with Crippen LogP contribution >= 0.6 is 0 Å². The standard InChI is InChI=1S/C13H9N3O5/c17-10-4-1-8(2-5-10)14-15-9-3-6-11(13(18)19)12(7-9)16(20)21/h1-7,17H,(H,18,19). The minimum absolute atomic E-state index is 0.0791. The second kappa shape index (κ2) is 5.78. The number of aromatic hydroxyl groups is 1. The summed E-state index contributed by atoms with van der Waals surface area (Å²) in [5.41, 5.74) is -0.370. The lowest BCUT2D eigenvalue weighted by molar-refractivity contribution is -0.385. The Morgan fingerprint density at radius 1 is 1.05 bits per heavy atom. The Labute approximate surface area is 118 Å². The van der Waals surface area contributed by atoms with Crippen LogP contribution in [0, 0.1) is 10.1 Å². The van der Waals surface area contributed by atoms with Crippen molar-refractivity contribution in [2.24, 2.45) is 10.2 Å². The van der Waals surface area contributed by atoms with Gasteiger partial charge < -0.3 is 10.2 Å². The predicted octanol–water partition coefficient (Wildman–Crippen LogP) is 3.41. The lowest BCUT2D eigenvalue weighted by Crippen LogP contribution is -2.01. The van der Waals surface area contributed by atoms with Gasteiger partial charge in [0.05, 0.1) is 16.3 Å². The van der Waals surface area contributed by atoms with Crippen LogP contribution < -0.4 is 0 Å². The van der Waals surface area contributed by atoms with E-state index in [9.17, 15) is 14.9 Å². The third-order valence-corrected chi connectivity index (χ3v) is 2.54. The fourth-order valence-corrected chi connectivity index (χ4v) is 1.55. The quantitative estimate of drug-likeness (QED) is 0.506. The number of carbonyl (C=O) groups is 1. The SMILES string of the molecule is O=C(O)c1ccc(N=Nc2ccc(O)cc2)cc1[N+](=O)[O-]. The Morgan fingerprint density at radius 2 is 1.62 bits per heavy atom. The number of nitrogens with zero attached hydrogens (tertiary/aromatic N) is 3. The molecule has 0 saturated carbocycles. The van der Waals surface area contributed by atoms with Gasteiger partial charge in [-0.1, -0.05) is 0 Å². The second-order valence-electron chi connectivity index (χ2n) is 3.98. The van der Waals surface area contributed by atoms with E-state index in [1.54, 1.807) is 0 Å². The van der Waals surface area contributed by atoms with Crippen molar-refractivity contribution in [2.75, 3.05) is 0 Å². The van der Waals surface area contributed by atoms with Gasteiger partial charge >= 0.3 is 5.97 Å². The van der Waals surface area contributed by atoms with E-state index < -0.39 is 22.1 Å². The summed E-state index contributed by atoms with van der Waals surface area (Å²) in [7, 11) is 0. The number of carboxylic acid groups (broad SMARTS) is 1. The van der Waals surface area contributed by atoms with Crippen LogP contribution in [0.15, 0.2) is 52.7 Å². The highest BCUT2D eigenvalue weighted by atomic mass is 16.6. The molecule has 0 atom stereocenters. The Kier molecular flexibility index (Phi) is 3.89. The molecular formula is C13H9N3O5. The number of rotatable bonds is 4. The molecule has 2 aromatic carbocycles. The number of carboxylic acids is 1. The molecule has 0 aliphatic heterocycles. The summed E-state index contributed by atoms with van der Waals surface area (Å²) in [6.45, 7) is 0. The van der Waals surface area contributed by atoms with Gasteiger partial charge in [-0.3, -0.25) is 10.1 Å². The van der Waals surface area contributed by atoms with Gasteiger partial charge in [0.25, 0.3) is 5.69 Å². The maximum Gasteiger partial charge on any atom is 0.342 e. The van der Waals surface area contributed by atoms with Crippen molar-refractivity contribution in [3.05, 3.63) is 58.1 Å². The average Bonchev–Trinajstić information content (AvgIpc) is 2.46. The summed E-state index contributed by atoms with van der Waals surface area (Å²) in [5, 5.41) is 36.4. The van der Waals surface area contributed by atoms with Gasteiger partial charge in [-0.15, -0.1) is 0 Å². The Hall–Kier alpha value is -3.29. The summed E-state index contributed by atoms with van der Waals surface area (Å²) in [4.78, 5) is 20.9. The fourth-order valence-electron chi connectivity index (χ4n) is 1.55. The van der Waals surface area contributed by atoms with Crippen molar-refractivity contribution in [2.45, 2.75) is 0 Å². The maximum atomic E-state index is 10.9. The molecule has 8 heteroatoms. The van der Waals surface area contributed by atoms with Gasteiger partial charge in [0.2, 0.25) is 0 Å². The summed E-state index contributed by atoms with van der Waals surface area (Å²) in [6.07, 6.45) is 0. The van der Waals surface area contributed by atoms with Crippen LogP contribution in [0.2, 0.25) is 0 Å². The molecule has 8 nitrogen and oxygen atoms in total. The Balaban J connectivity index is 2.32. The van der Waals surface area contributed by atoms with Crippen LogP contribution in [0.1, 0.15) is 10.4 Å². The average molecular weight is 287 g/mol. The van der Waals surface area contributed by atoms with Gasteiger partial charge in [-0.2, -0.15) is 10.2 Å². The molecule has 0 unspecified atom stereocenters. The van der Waals surface area contributed by atoms with Gasteiger partial charge in [-0.05, 0) is 36.4 Å². The molecule has 21 heavy (non-hydrogen) atoms. The van der Waals surface area contributed by atoms with Gasteiger partial charge in [0, 0.05) is 6.07 Å². The number of azo groups is 1. The van der Waals surface area contributed by atoms with Gasteiger partial charge in [-0.25, -0.2) is 4.79 Å². The summed E-state index contributed by atoms with van der Waals surface area (Å²) in [5.74, 6) is -1.31. The highest BCUT2D eigenvalue weighted by molar-refractivity contribution is 5.92. The minimum Gasteiger partial charge on any atom is -0.508 e. The lowest BCUT2D eigenvalue weighted by atomic mass is 10.1. The molecule has 0 spiro atoms. The number of hydrogen-bond donors (Lipinski definition) is 2. The highest BCUT2D eigenvalue weighted by Crippen LogP contribution is 2.27. The number of nitro benzene ring substituents is 1. The monoisotopic (exact) mass is 287 g/mol. The summed E-state index contributed by atoms with van der Waals surface area (Å²) in [6, 6.07) is 9.33. The minimum atomic E-state index is -1.39. The predicted molar refractivity (Wildman–Crippen MR) is 72.3 cm³/mol. The van der Waals surface area contributed by atoms with Crippen molar-refractivity contribution in [3.8, 4) is 5.75 Å². The smallest absolute Gasteiger partial charge is 0.342 e. The third kappa shape index (κ3) is 3.38. The first-order valence-electron chi connectivity index (χ1n) is 5.70. The first kappa shape index (κ1) is 14.1. The van der Waals surface area contributed by atoms with Crippen LogP contribution in [0.25, 0.3) is 0 Å². The fraction of sp³-hybridized carbons (Fsp3) is 0. The first-order valence-corrected chi connectivity index (χ1v) is 5.70.